The topological polar surface area (TPSA) is 55.4 Å². The number of aryl methyl sites for hydroxylation is 3. The Morgan fingerprint density at radius 3 is 2.39 bits per heavy atom. The molecule has 5 heteroatoms. The quantitative estimate of drug-likeness (QED) is 0.859. The lowest BCUT2D eigenvalue weighted by Crippen LogP contribution is -2.21. The van der Waals surface area contributed by atoms with E-state index in [0.29, 0.717) is 16.3 Å². The fourth-order valence-electron chi connectivity index (χ4n) is 2.04. The first-order valence-corrected chi connectivity index (χ1v) is 7.55. The average Bonchev–Trinajstić information content (AvgIpc) is 2.50. The number of ether oxygens (including phenoxy) is 1. The van der Waals surface area contributed by atoms with Gasteiger partial charge in [0.1, 0.15) is 0 Å². The van der Waals surface area contributed by atoms with Gasteiger partial charge in [0, 0.05) is 10.7 Å². The summed E-state index contributed by atoms with van der Waals surface area (Å²) in [5, 5.41) is 3.29. The molecule has 2 aromatic rings. The van der Waals surface area contributed by atoms with Crippen molar-refractivity contribution in [2.24, 2.45) is 0 Å². The molecule has 0 aliphatic rings. The van der Waals surface area contributed by atoms with E-state index in [1.807, 2.05) is 26.8 Å². The molecular weight excluding hydrogens is 314 g/mol. The van der Waals surface area contributed by atoms with E-state index in [1.54, 1.807) is 30.3 Å². The summed E-state index contributed by atoms with van der Waals surface area (Å²) in [5.41, 5.74) is 4.01. The normalized spacial score (nSPS) is 10.3. The van der Waals surface area contributed by atoms with E-state index in [9.17, 15) is 9.59 Å². The van der Waals surface area contributed by atoms with Crippen molar-refractivity contribution in [2.75, 3.05) is 11.9 Å². The summed E-state index contributed by atoms with van der Waals surface area (Å²) < 4.78 is 5.04. The molecule has 120 valence electrons. The minimum absolute atomic E-state index is 0.339. The Balaban J connectivity index is 1.93. The lowest BCUT2D eigenvalue weighted by atomic mass is 10.1. The van der Waals surface area contributed by atoms with Gasteiger partial charge in [-0.15, -0.1) is 0 Å². The minimum Gasteiger partial charge on any atom is -0.452 e. The van der Waals surface area contributed by atoms with E-state index in [2.05, 4.69) is 5.32 Å². The maximum Gasteiger partial charge on any atom is 0.338 e. The van der Waals surface area contributed by atoms with Gasteiger partial charge in [0.2, 0.25) is 0 Å². The Hall–Kier alpha value is -2.33. The van der Waals surface area contributed by atoms with Gasteiger partial charge >= 0.3 is 5.97 Å². The Kier molecular flexibility index (Phi) is 5.40. The van der Waals surface area contributed by atoms with Crippen molar-refractivity contribution in [3.8, 4) is 0 Å². The van der Waals surface area contributed by atoms with Crippen LogP contribution >= 0.6 is 11.6 Å². The van der Waals surface area contributed by atoms with Crippen LogP contribution in [0.4, 0.5) is 5.69 Å². The van der Waals surface area contributed by atoms with Crippen LogP contribution in [-0.2, 0) is 9.53 Å². The molecule has 0 aliphatic carbocycles. The number of anilines is 1. The van der Waals surface area contributed by atoms with Crippen LogP contribution in [0.1, 0.15) is 27.0 Å². The number of amides is 1. The molecule has 0 radical (unpaired) electrons. The number of carbonyl (C=O) groups is 2. The van der Waals surface area contributed by atoms with Crippen molar-refractivity contribution in [1.82, 2.24) is 0 Å². The fraction of sp³-hybridized carbons (Fsp3) is 0.222. The van der Waals surface area contributed by atoms with Gasteiger partial charge in [0.15, 0.2) is 6.61 Å². The zero-order valence-corrected chi connectivity index (χ0v) is 14.0. The molecule has 1 N–H and O–H groups in total. The summed E-state index contributed by atoms with van der Waals surface area (Å²) in [6.45, 7) is 5.38. The fourth-order valence-corrected chi connectivity index (χ4v) is 2.26. The largest absolute Gasteiger partial charge is 0.452 e. The van der Waals surface area contributed by atoms with Crippen molar-refractivity contribution < 1.29 is 14.3 Å². The summed E-state index contributed by atoms with van der Waals surface area (Å²) >= 11 is 5.87. The van der Waals surface area contributed by atoms with Gasteiger partial charge in [0.25, 0.3) is 5.91 Å². The molecule has 23 heavy (non-hydrogen) atoms. The Morgan fingerprint density at radius 1 is 1.00 bits per heavy atom. The minimum atomic E-state index is -0.518. The first-order chi connectivity index (χ1) is 10.9. The highest BCUT2D eigenvalue weighted by atomic mass is 35.5. The van der Waals surface area contributed by atoms with Crippen LogP contribution in [0.5, 0.6) is 0 Å². The molecule has 0 heterocycles. The standard InChI is InChI=1S/C18H18ClNO3/c1-11-4-5-14(8-12(11)2)18(22)23-10-17(21)20-16-7-6-15(19)9-13(16)3/h4-9H,10H2,1-3H3,(H,20,21). The maximum absolute atomic E-state index is 12.0. The average molecular weight is 332 g/mol. The Bertz CT molecular complexity index is 756. The van der Waals surface area contributed by atoms with Gasteiger partial charge in [-0.3, -0.25) is 4.79 Å². The number of hydrogen-bond acceptors (Lipinski definition) is 3. The van der Waals surface area contributed by atoms with Crippen LogP contribution < -0.4 is 5.32 Å². The lowest BCUT2D eigenvalue weighted by molar-refractivity contribution is -0.119. The molecule has 0 spiro atoms. The number of carbonyl (C=O) groups excluding carboxylic acids is 2. The number of hydrogen-bond donors (Lipinski definition) is 1. The second-order valence-corrected chi connectivity index (χ2v) is 5.82. The SMILES string of the molecule is Cc1ccc(C(=O)OCC(=O)Nc2ccc(Cl)cc2C)cc1C. The van der Waals surface area contributed by atoms with Gasteiger partial charge in [-0.05, 0) is 67.8 Å². The van der Waals surface area contributed by atoms with E-state index in [4.69, 9.17) is 16.3 Å². The molecule has 0 saturated carbocycles. The molecule has 4 nitrogen and oxygen atoms in total. The van der Waals surface area contributed by atoms with Crippen LogP contribution in [0.3, 0.4) is 0 Å². The lowest BCUT2D eigenvalue weighted by Gasteiger charge is -2.10. The van der Waals surface area contributed by atoms with E-state index < -0.39 is 11.9 Å². The predicted octanol–water partition coefficient (Wildman–Crippen LogP) is 4.06. The first-order valence-electron chi connectivity index (χ1n) is 7.17. The molecule has 0 saturated heterocycles. The van der Waals surface area contributed by atoms with Crippen LogP contribution in [-0.4, -0.2) is 18.5 Å². The van der Waals surface area contributed by atoms with Gasteiger partial charge in [-0.25, -0.2) is 4.79 Å². The third kappa shape index (κ3) is 4.57. The predicted molar refractivity (Wildman–Crippen MR) is 91.0 cm³/mol. The molecule has 2 rings (SSSR count). The zero-order valence-electron chi connectivity index (χ0n) is 13.3. The summed E-state index contributed by atoms with van der Waals surface area (Å²) in [5.74, 6) is -0.913. The number of nitrogens with one attached hydrogen (secondary N) is 1. The van der Waals surface area contributed by atoms with E-state index in [0.717, 1.165) is 16.7 Å². The number of halogens is 1. The maximum atomic E-state index is 12.0. The third-order valence-corrected chi connectivity index (χ3v) is 3.77. The number of rotatable bonds is 4. The van der Waals surface area contributed by atoms with E-state index in [1.165, 1.54) is 0 Å². The van der Waals surface area contributed by atoms with Crippen molar-refractivity contribution >= 4 is 29.2 Å². The van der Waals surface area contributed by atoms with Crippen molar-refractivity contribution in [3.05, 3.63) is 63.7 Å². The number of esters is 1. The highest BCUT2D eigenvalue weighted by Crippen LogP contribution is 2.19. The summed E-state index contributed by atoms with van der Waals surface area (Å²) in [6, 6.07) is 10.4. The second-order valence-electron chi connectivity index (χ2n) is 5.38. The molecule has 1 amide bonds. The zero-order chi connectivity index (χ0) is 17.0. The summed E-state index contributed by atoms with van der Waals surface area (Å²) in [6.07, 6.45) is 0. The highest BCUT2D eigenvalue weighted by Gasteiger charge is 2.12. The van der Waals surface area contributed by atoms with Crippen LogP contribution in [0.2, 0.25) is 5.02 Å². The van der Waals surface area contributed by atoms with Gasteiger partial charge in [-0.1, -0.05) is 17.7 Å². The van der Waals surface area contributed by atoms with Crippen molar-refractivity contribution in [3.63, 3.8) is 0 Å². The molecule has 0 bridgehead atoms. The monoisotopic (exact) mass is 331 g/mol. The van der Waals surface area contributed by atoms with Crippen LogP contribution in [0.25, 0.3) is 0 Å². The van der Waals surface area contributed by atoms with E-state index >= 15 is 0 Å². The molecule has 0 fully saturated rings. The Labute approximate surface area is 140 Å². The molecule has 2 aromatic carbocycles. The molecular formula is C18H18ClNO3. The second kappa shape index (κ2) is 7.29. The van der Waals surface area contributed by atoms with Crippen molar-refractivity contribution in [1.29, 1.82) is 0 Å². The molecule has 0 aliphatic heterocycles. The summed E-state index contributed by atoms with van der Waals surface area (Å²) in [7, 11) is 0. The highest BCUT2D eigenvalue weighted by molar-refractivity contribution is 6.30. The Morgan fingerprint density at radius 2 is 1.74 bits per heavy atom. The van der Waals surface area contributed by atoms with Crippen molar-refractivity contribution in [2.45, 2.75) is 20.8 Å². The van der Waals surface area contributed by atoms with Crippen LogP contribution in [0, 0.1) is 20.8 Å². The third-order valence-electron chi connectivity index (χ3n) is 3.54. The number of benzene rings is 2. The molecule has 0 aromatic heterocycles. The van der Waals surface area contributed by atoms with E-state index in [-0.39, 0.29) is 6.61 Å². The smallest absolute Gasteiger partial charge is 0.338 e. The van der Waals surface area contributed by atoms with Crippen LogP contribution in [0.15, 0.2) is 36.4 Å². The van der Waals surface area contributed by atoms with Gasteiger partial charge < -0.3 is 10.1 Å². The van der Waals surface area contributed by atoms with Gasteiger partial charge in [-0.2, -0.15) is 0 Å². The van der Waals surface area contributed by atoms with Gasteiger partial charge in [0.05, 0.1) is 5.56 Å². The summed E-state index contributed by atoms with van der Waals surface area (Å²) in [4.78, 5) is 23.8. The first kappa shape index (κ1) is 17.0. The molecule has 0 atom stereocenters. The molecule has 0 unspecified atom stereocenters.